The van der Waals surface area contributed by atoms with Crippen LogP contribution in [0.25, 0.3) is 0 Å². The van der Waals surface area contributed by atoms with Gasteiger partial charge < -0.3 is 20.1 Å². The summed E-state index contributed by atoms with van der Waals surface area (Å²) in [6.07, 6.45) is 2.04. The third-order valence-corrected chi connectivity index (χ3v) is 6.26. The molecule has 3 heterocycles. The molecule has 1 fully saturated rings. The number of hydrogen-bond donors (Lipinski definition) is 2. The molecule has 0 aliphatic carbocycles. The molecule has 0 saturated carbocycles. The molecule has 2 aromatic carbocycles. The Balaban J connectivity index is 1.34. The average Bonchev–Trinajstić information content (AvgIpc) is 3.23. The number of piperidine rings is 1. The highest BCUT2D eigenvalue weighted by Crippen LogP contribution is 2.39. The summed E-state index contributed by atoms with van der Waals surface area (Å²) >= 11 is 0. The van der Waals surface area contributed by atoms with E-state index in [9.17, 15) is 5.11 Å². The molecular formula is C22H26N4O2. The molecule has 5 rings (SSSR count). The highest BCUT2D eigenvalue weighted by molar-refractivity contribution is 6.06. The lowest BCUT2D eigenvalue weighted by molar-refractivity contribution is 0.0891. The number of phenolic OH excluding ortho intramolecular Hbond substituents is 1. The number of ether oxygens (including phenoxy) is 1. The van der Waals surface area contributed by atoms with Crippen molar-refractivity contribution in [3.8, 4) is 11.5 Å². The number of methoxy groups -OCH3 is 1. The van der Waals surface area contributed by atoms with E-state index in [0.29, 0.717) is 5.75 Å². The Morgan fingerprint density at radius 1 is 1.14 bits per heavy atom. The van der Waals surface area contributed by atoms with Gasteiger partial charge in [-0.15, -0.1) is 0 Å². The SMILES string of the molecule is COc1ccc(O)c(CN2CCC3(CC2)Nc2ccccc2C2=NCCN23)c1. The van der Waals surface area contributed by atoms with Gasteiger partial charge >= 0.3 is 0 Å². The lowest BCUT2D eigenvalue weighted by Crippen LogP contribution is -2.63. The zero-order chi connectivity index (χ0) is 19.1. The van der Waals surface area contributed by atoms with Crippen LogP contribution >= 0.6 is 0 Å². The van der Waals surface area contributed by atoms with Crippen molar-refractivity contribution in [3.05, 3.63) is 53.6 Å². The van der Waals surface area contributed by atoms with Crippen LogP contribution in [0, 0.1) is 0 Å². The van der Waals surface area contributed by atoms with Crippen molar-refractivity contribution < 1.29 is 9.84 Å². The summed E-state index contributed by atoms with van der Waals surface area (Å²) in [6, 6.07) is 13.9. The van der Waals surface area contributed by atoms with Gasteiger partial charge in [0, 0.05) is 55.8 Å². The summed E-state index contributed by atoms with van der Waals surface area (Å²) < 4.78 is 5.31. The monoisotopic (exact) mass is 378 g/mol. The number of nitrogens with zero attached hydrogens (tertiary/aromatic N) is 3. The van der Waals surface area contributed by atoms with Crippen molar-refractivity contribution in [1.29, 1.82) is 0 Å². The Kier molecular flexibility index (Phi) is 4.16. The number of para-hydroxylation sites is 1. The van der Waals surface area contributed by atoms with E-state index in [2.05, 4.69) is 39.4 Å². The molecule has 3 aliphatic rings. The van der Waals surface area contributed by atoms with Crippen molar-refractivity contribution in [2.24, 2.45) is 4.99 Å². The Morgan fingerprint density at radius 3 is 2.79 bits per heavy atom. The molecule has 1 spiro atoms. The van der Waals surface area contributed by atoms with Gasteiger partial charge in [-0.25, -0.2) is 0 Å². The van der Waals surface area contributed by atoms with E-state index < -0.39 is 0 Å². The highest BCUT2D eigenvalue weighted by atomic mass is 16.5. The molecular weight excluding hydrogens is 352 g/mol. The fraction of sp³-hybridized carbons (Fsp3) is 0.409. The predicted molar refractivity (Wildman–Crippen MR) is 110 cm³/mol. The van der Waals surface area contributed by atoms with Crippen molar-refractivity contribution in [3.63, 3.8) is 0 Å². The Morgan fingerprint density at radius 2 is 1.96 bits per heavy atom. The van der Waals surface area contributed by atoms with Crippen molar-refractivity contribution in [2.45, 2.75) is 25.0 Å². The van der Waals surface area contributed by atoms with E-state index in [1.165, 1.54) is 11.3 Å². The van der Waals surface area contributed by atoms with Gasteiger partial charge in [0.25, 0.3) is 0 Å². The second kappa shape index (κ2) is 6.71. The number of aromatic hydroxyl groups is 1. The molecule has 2 aromatic rings. The van der Waals surface area contributed by atoms with Gasteiger partial charge in [0.15, 0.2) is 0 Å². The van der Waals surface area contributed by atoms with Gasteiger partial charge in [-0.2, -0.15) is 0 Å². The number of likely N-dealkylation sites (tertiary alicyclic amines) is 1. The second-order valence-corrected chi connectivity index (χ2v) is 7.83. The van der Waals surface area contributed by atoms with Crippen LogP contribution in [-0.4, -0.2) is 59.7 Å². The summed E-state index contributed by atoms with van der Waals surface area (Å²) in [5.74, 6) is 2.26. The molecule has 146 valence electrons. The number of hydrogen-bond acceptors (Lipinski definition) is 6. The molecule has 0 aromatic heterocycles. The minimum atomic E-state index is -0.0589. The maximum absolute atomic E-state index is 10.2. The molecule has 3 aliphatic heterocycles. The summed E-state index contributed by atoms with van der Waals surface area (Å²) in [6.45, 7) is 4.52. The van der Waals surface area contributed by atoms with E-state index in [1.54, 1.807) is 19.2 Å². The van der Waals surface area contributed by atoms with Crippen LogP contribution in [0.1, 0.15) is 24.0 Å². The van der Waals surface area contributed by atoms with Gasteiger partial charge in [0.1, 0.15) is 23.0 Å². The zero-order valence-corrected chi connectivity index (χ0v) is 16.2. The summed E-state index contributed by atoms with van der Waals surface area (Å²) in [5, 5.41) is 14.1. The molecule has 0 bridgehead atoms. The Bertz CT molecular complexity index is 919. The van der Waals surface area contributed by atoms with Gasteiger partial charge in [0.2, 0.25) is 0 Å². The summed E-state index contributed by atoms with van der Waals surface area (Å²) in [4.78, 5) is 9.70. The summed E-state index contributed by atoms with van der Waals surface area (Å²) in [5.41, 5.74) is 3.27. The van der Waals surface area contributed by atoms with Crippen LogP contribution in [0.3, 0.4) is 0 Å². The zero-order valence-electron chi connectivity index (χ0n) is 16.2. The number of amidine groups is 1. The molecule has 0 unspecified atom stereocenters. The maximum atomic E-state index is 10.2. The summed E-state index contributed by atoms with van der Waals surface area (Å²) in [7, 11) is 1.66. The van der Waals surface area contributed by atoms with Gasteiger partial charge in [-0.3, -0.25) is 9.89 Å². The number of aliphatic imine (C=N–C) groups is 1. The van der Waals surface area contributed by atoms with Crippen LogP contribution in [0.2, 0.25) is 0 Å². The molecule has 6 heteroatoms. The fourth-order valence-electron chi connectivity index (χ4n) is 4.73. The minimum Gasteiger partial charge on any atom is -0.508 e. The molecule has 0 amide bonds. The third kappa shape index (κ3) is 2.79. The third-order valence-electron chi connectivity index (χ3n) is 6.26. The molecule has 1 saturated heterocycles. The van der Waals surface area contributed by atoms with Crippen LogP contribution < -0.4 is 10.1 Å². The molecule has 6 nitrogen and oxygen atoms in total. The topological polar surface area (TPSA) is 60.3 Å². The normalized spacial score (nSPS) is 20.3. The highest BCUT2D eigenvalue weighted by Gasteiger charge is 2.46. The lowest BCUT2D eigenvalue weighted by Gasteiger charge is -2.52. The number of rotatable bonds is 3. The number of phenols is 1. The first-order chi connectivity index (χ1) is 13.7. The average molecular weight is 378 g/mol. The van der Waals surface area contributed by atoms with Crippen LogP contribution in [0.4, 0.5) is 5.69 Å². The molecule has 28 heavy (non-hydrogen) atoms. The van der Waals surface area contributed by atoms with E-state index in [4.69, 9.17) is 9.73 Å². The largest absolute Gasteiger partial charge is 0.508 e. The Hall–Kier alpha value is -2.73. The Labute approximate surface area is 165 Å². The number of benzene rings is 2. The predicted octanol–water partition coefficient (Wildman–Crippen LogP) is 2.88. The first kappa shape index (κ1) is 17.4. The van der Waals surface area contributed by atoms with Gasteiger partial charge in [0.05, 0.1) is 13.7 Å². The lowest BCUT2D eigenvalue weighted by atomic mass is 9.90. The second-order valence-electron chi connectivity index (χ2n) is 7.83. The minimum absolute atomic E-state index is 0.0589. The number of nitrogens with one attached hydrogen (secondary N) is 1. The quantitative estimate of drug-likeness (QED) is 0.860. The van der Waals surface area contributed by atoms with Crippen molar-refractivity contribution in [1.82, 2.24) is 9.80 Å². The van der Waals surface area contributed by atoms with E-state index in [1.807, 2.05) is 6.07 Å². The standard InChI is InChI=1S/C22H26N4O2/c1-28-17-6-7-20(27)16(14-17)15-25-11-8-22(9-12-25)24-19-5-3-2-4-18(19)21-23-10-13-26(21)22/h2-7,14,24,27H,8-13,15H2,1H3. The van der Waals surface area contributed by atoms with Gasteiger partial charge in [-0.1, -0.05) is 12.1 Å². The fourth-order valence-corrected chi connectivity index (χ4v) is 4.73. The smallest absolute Gasteiger partial charge is 0.134 e. The van der Waals surface area contributed by atoms with Crippen LogP contribution in [-0.2, 0) is 6.54 Å². The van der Waals surface area contributed by atoms with Crippen LogP contribution in [0.15, 0.2) is 47.5 Å². The molecule has 0 radical (unpaired) electrons. The maximum Gasteiger partial charge on any atom is 0.134 e. The van der Waals surface area contributed by atoms with Crippen molar-refractivity contribution in [2.75, 3.05) is 38.6 Å². The molecule has 2 N–H and O–H groups in total. The van der Waals surface area contributed by atoms with E-state index in [0.717, 1.165) is 62.7 Å². The number of fused-ring (bicyclic) bond motifs is 4. The first-order valence-corrected chi connectivity index (χ1v) is 9.96. The van der Waals surface area contributed by atoms with Gasteiger partial charge in [-0.05, 0) is 30.3 Å². The first-order valence-electron chi connectivity index (χ1n) is 9.96. The van der Waals surface area contributed by atoms with Crippen molar-refractivity contribution >= 4 is 11.5 Å². The molecule has 0 atom stereocenters. The van der Waals surface area contributed by atoms with E-state index in [-0.39, 0.29) is 5.66 Å². The number of anilines is 1. The van der Waals surface area contributed by atoms with Crippen LogP contribution in [0.5, 0.6) is 11.5 Å². The van der Waals surface area contributed by atoms with E-state index >= 15 is 0 Å².